The van der Waals surface area contributed by atoms with Crippen LogP contribution in [-0.4, -0.2) is 17.9 Å². The molecule has 21 heavy (non-hydrogen) atoms. The van der Waals surface area contributed by atoms with Crippen LogP contribution in [0.1, 0.15) is 15.9 Å². The van der Waals surface area contributed by atoms with Crippen LogP contribution in [0.3, 0.4) is 0 Å². The summed E-state index contributed by atoms with van der Waals surface area (Å²) in [7, 11) is 1.32. The Labute approximate surface area is 119 Å². The number of hydrogen-bond acceptors (Lipinski definition) is 2. The maximum absolute atomic E-state index is 13.9. The zero-order chi connectivity index (χ0) is 15.0. The van der Waals surface area contributed by atoms with Crippen LogP contribution in [0.4, 0.5) is 8.78 Å². The Bertz CT molecular complexity index is 839. The van der Waals surface area contributed by atoms with Crippen molar-refractivity contribution in [2.45, 2.75) is 0 Å². The molecule has 3 rings (SSSR count). The molecule has 0 aliphatic rings. The molecule has 0 saturated carbocycles. The molecule has 3 aromatic rings. The molecular formula is C16H11F2NO2. The van der Waals surface area contributed by atoms with Gasteiger partial charge in [0.05, 0.1) is 12.7 Å². The fourth-order valence-electron chi connectivity index (χ4n) is 2.28. The number of nitrogens with one attached hydrogen (secondary N) is 1. The number of aromatic amines is 1. The summed E-state index contributed by atoms with van der Waals surface area (Å²) in [5, 5.41) is 0.228. The predicted octanol–water partition coefficient (Wildman–Crippen LogP) is 3.69. The monoisotopic (exact) mass is 287 g/mol. The summed E-state index contributed by atoms with van der Waals surface area (Å²) in [4.78, 5) is 15.3. The molecule has 0 saturated heterocycles. The highest BCUT2D eigenvalue weighted by molar-refractivity contribution is 6.16. The quantitative estimate of drug-likeness (QED) is 0.746. The molecule has 0 bridgehead atoms. The number of H-pyrrole nitrogens is 1. The smallest absolute Gasteiger partial charge is 0.195 e. The average Bonchev–Trinajstić information content (AvgIpc) is 2.92. The Morgan fingerprint density at radius 3 is 2.71 bits per heavy atom. The van der Waals surface area contributed by atoms with Crippen LogP contribution in [-0.2, 0) is 0 Å². The van der Waals surface area contributed by atoms with Gasteiger partial charge in [-0.05, 0) is 30.3 Å². The Morgan fingerprint density at radius 2 is 1.95 bits per heavy atom. The van der Waals surface area contributed by atoms with Gasteiger partial charge in [0.25, 0.3) is 0 Å². The SMILES string of the molecule is COc1cc(C(=O)c2c[nH]c3cccc(F)c23)ccc1F. The lowest BCUT2D eigenvalue weighted by Crippen LogP contribution is -2.02. The summed E-state index contributed by atoms with van der Waals surface area (Å²) in [5.74, 6) is -1.46. The first-order chi connectivity index (χ1) is 10.1. The topological polar surface area (TPSA) is 42.1 Å². The van der Waals surface area contributed by atoms with Gasteiger partial charge in [0.2, 0.25) is 0 Å². The van der Waals surface area contributed by atoms with Crippen LogP contribution in [0.25, 0.3) is 10.9 Å². The molecule has 3 nitrogen and oxygen atoms in total. The van der Waals surface area contributed by atoms with Crippen LogP contribution in [0.2, 0.25) is 0 Å². The molecule has 0 aliphatic carbocycles. The van der Waals surface area contributed by atoms with E-state index >= 15 is 0 Å². The van der Waals surface area contributed by atoms with Crippen LogP contribution in [0.15, 0.2) is 42.6 Å². The van der Waals surface area contributed by atoms with Gasteiger partial charge in [-0.25, -0.2) is 8.78 Å². The molecular weight excluding hydrogens is 276 g/mol. The van der Waals surface area contributed by atoms with E-state index in [1.54, 1.807) is 12.1 Å². The largest absolute Gasteiger partial charge is 0.494 e. The van der Waals surface area contributed by atoms with Crippen molar-refractivity contribution in [3.63, 3.8) is 0 Å². The van der Waals surface area contributed by atoms with E-state index in [0.717, 1.165) is 6.07 Å². The molecule has 106 valence electrons. The number of rotatable bonds is 3. The number of aromatic nitrogens is 1. The summed E-state index contributed by atoms with van der Waals surface area (Å²) in [6.07, 6.45) is 1.45. The van der Waals surface area contributed by atoms with Gasteiger partial charge in [0.15, 0.2) is 17.3 Å². The van der Waals surface area contributed by atoms with Gasteiger partial charge < -0.3 is 9.72 Å². The Morgan fingerprint density at radius 1 is 1.14 bits per heavy atom. The van der Waals surface area contributed by atoms with Gasteiger partial charge in [-0.1, -0.05) is 6.07 Å². The van der Waals surface area contributed by atoms with Gasteiger partial charge in [-0.2, -0.15) is 0 Å². The molecule has 0 spiro atoms. The fourth-order valence-corrected chi connectivity index (χ4v) is 2.28. The molecule has 1 heterocycles. The van der Waals surface area contributed by atoms with Crippen molar-refractivity contribution in [1.82, 2.24) is 4.98 Å². The molecule has 2 aromatic carbocycles. The number of methoxy groups -OCH3 is 1. The normalized spacial score (nSPS) is 10.8. The lowest BCUT2D eigenvalue weighted by Gasteiger charge is -2.05. The molecule has 0 radical (unpaired) electrons. The average molecular weight is 287 g/mol. The van der Waals surface area contributed by atoms with Gasteiger partial charge in [0, 0.05) is 22.7 Å². The summed E-state index contributed by atoms with van der Waals surface area (Å²) in [6, 6.07) is 8.33. The summed E-state index contributed by atoms with van der Waals surface area (Å²) in [5.41, 5.74) is 0.974. The minimum Gasteiger partial charge on any atom is -0.494 e. The number of carbonyl (C=O) groups is 1. The van der Waals surface area contributed by atoms with Crippen molar-refractivity contribution in [2.24, 2.45) is 0 Å². The lowest BCUT2D eigenvalue weighted by atomic mass is 10.0. The molecule has 0 unspecified atom stereocenters. The maximum Gasteiger partial charge on any atom is 0.195 e. The van der Waals surface area contributed by atoms with Gasteiger partial charge in [0.1, 0.15) is 5.82 Å². The van der Waals surface area contributed by atoms with E-state index < -0.39 is 17.4 Å². The highest BCUT2D eigenvalue weighted by atomic mass is 19.1. The standard InChI is InChI=1S/C16H11F2NO2/c1-21-14-7-9(5-6-11(14)17)16(20)10-8-19-13-4-2-3-12(18)15(10)13/h2-8,19H,1H3. The van der Waals surface area contributed by atoms with Crippen molar-refractivity contribution in [3.8, 4) is 5.75 Å². The molecule has 5 heteroatoms. The second kappa shape index (κ2) is 5.01. The van der Waals surface area contributed by atoms with Crippen LogP contribution < -0.4 is 4.74 Å². The molecule has 0 aliphatic heterocycles. The number of ketones is 1. The second-order valence-electron chi connectivity index (χ2n) is 4.54. The lowest BCUT2D eigenvalue weighted by molar-refractivity contribution is 0.103. The fraction of sp³-hybridized carbons (Fsp3) is 0.0625. The zero-order valence-corrected chi connectivity index (χ0v) is 11.1. The minimum absolute atomic E-state index is 0.0267. The highest BCUT2D eigenvalue weighted by Gasteiger charge is 2.18. The first-order valence-electron chi connectivity index (χ1n) is 6.25. The summed E-state index contributed by atoms with van der Waals surface area (Å²) in [6.45, 7) is 0. The van der Waals surface area contributed by atoms with Crippen molar-refractivity contribution in [2.75, 3.05) is 7.11 Å². The Hall–Kier alpha value is -2.69. The maximum atomic E-state index is 13.9. The highest BCUT2D eigenvalue weighted by Crippen LogP contribution is 2.26. The molecule has 1 N–H and O–H groups in total. The van der Waals surface area contributed by atoms with E-state index in [1.165, 1.54) is 31.5 Å². The van der Waals surface area contributed by atoms with Crippen LogP contribution in [0.5, 0.6) is 5.75 Å². The van der Waals surface area contributed by atoms with Gasteiger partial charge >= 0.3 is 0 Å². The molecule has 0 amide bonds. The Kier molecular flexibility index (Phi) is 3.17. The van der Waals surface area contributed by atoms with E-state index in [0.29, 0.717) is 5.52 Å². The second-order valence-corrected chi connectivity index (χ2v) is 4.54. The van der Waals surface area contributed by atoms with E-state index in [2.05, 4.69) is 4.98 Å². The first-order valence-corrected chi connectivity index (χ1v) is 6.25. The minimum atomic E-state index is -0.556. The van der Waals surface area contributed by atoms with Crippen LogP contribution in [0, 0.1) is 11.6 Å². The number of ether oxygens (including phenoxy) is 1. The number of fused-ring (bicyclic) bond motifs is 1. The van der Waals surface area contributed by atoms with Crippen molar-refractivity contribution in [1.29, 1.82) is 0 Å². The number of hydrogen-bond donors (Lipinski definition) is 1. The van der Waals surface area contributed by atoms with Gasteiger partial charge in [-0.3, -0.25) is 4.79 Å². The predicted molar refractivity (Wildman–Crippen MR) is 74.6 cm³/mol. The third-order valence-electron chi connectivity index (χ3n) is 3.31. The van der Waals surface area contributed by atoms with E-state index in [4.69, 9.17) is 4.74 Å². The Balaban J connectivity index is 2.13. The van der Waals surface area contributed by atoms with Crippen molar-refractivity contribution in [3.05, 3.63) is 65.4 Å². The zero-order valence-electron chi connectivity index (χ0n) is 11.1. The molecule has 0 fully saturated rings. The first kappa shape index (κ1) is 13.3. The third-order valence-corrected chi connectivity index (χ3v) is 3.31. The third kappa shape index (κ3) is 2.16. The van der Waals surface area contributed by atoms with E-state index in [-0.39, 0.29) is 22.3 Å². The summed E-state index contributed by atoms with van der Waals surface area (Å²) < 4.78 is 32.2. The number of halogens is 2. The van der Waals surface area contributed by atoms with E-state index in [9.17, 15) is 13.6 Å². The van der Waals surface area contributed by atoms with Crippen LogP contribution >= 0.6 is 0 Å². The van der Waals surface area contributed by atoms with Gasteiger partial charge in [-0.15, -0.1) is 0 Å². The summed E-state index contributed by atoms with van der Waals surface area (Å²) >= 11 is 0. The molecule has 1 aromatic heterocycles. The molecule has 0 atom stereocenters. The number of benzene rings is 2. The number of carbonyl (C=O) groups excluding carboxylic acids is 1. The van der Waals surface area contributed by atoms with Crippen molar-refractivity contribution >= 4 is 16.7 Å². The van der Waals surface area contributed by atoms with E-state index in [1.807, 2.05) is 0 Å². The van der Waals surface area contributed by atoms with Crippen molar-refractivity contribution < 1.29 is 18.3 Å².